The Morgan fingerprint density at radius 1 is 0.254 bits per heavy atom. The number of anilines is 6. The van der Waals surface area contributed by atoms with Crippen LogP contribution in [0.3, 0.4) is 0 Å². The zero-order valence-corrected chi connectivity index (χ0v) is 64.9. The Kier molecular flexibility index (Phi) is 18.3. The summed E-state index contributed by atoms with van der Waals surface area (Å²) < 4.78 is 28.0. The number of unbranched alkanes of at least 4 members (excludes halogenated alkanes) is 2. The molecule has 18 aromatic rings. The van der Waals surface area contributed by atoms with Crippen molar-refractivity contribution < 1.29 is 18.9 Å². The molecule has 0 amide bonds. The molecule has 114 heavy (non-hydrogen) atoms. The van der Waals surface area contributed by atoms with Gasteiger partial charge in [-0.1, -0.05) is 285 Å². The Labute approximate surface area is 666 Å². The molecule has 554 valence electrons. The van der Waals surface area contributed by atoms with E-state index in [4.69, 9.17) is 18.9 Å². The van der Waals surface area contributed by atoms with Crippen molar-refractivity contribution in [2.75, 3.05) is 23.0 Å². The minimum atomic E-state index is 0.534. The van der Waals surface area contributed by atoms with Gasteiger partial charge in [0, 0.05) is 11.4 Å². The van der Waals surface area contributed by atoms with Crippen molar-refractivity contribution in [3.63, 3.8) is 0 Å². The summed E-state index contributed by atoms with van der Waals surface area (Å²) >= 11 is 0. The predicted octanol–water partition coefficient (Wildman–Crippen LogP) is 31.6. The predicted molar refractivity (Wildman–Crippen MR) is 481 cm³/mol. The summed E-state index contributed by atoms with van der Waals surface area (Å²) in [4.78, 5) is 4.76. The molecule has 18 aromatic carbocycles. The van der Waals surface area contributed by atoms with Crippen molar-refractivity contribution in [2.24, 2.45) is 11.8 Å². The van der Waals surface area contributed by atoms with Crippen LogP contribution in [0.2, 0.25) is 0 Å². The van der Waals surface area contributed by atoms with E-state index >= 15 is 0 Å². The first kappa shape index (κ1) is 70.0. The lowest BCUT2D eigenvalue weighted by atomic mass is 9.85. The third-order valence-corrected chi connectivity index (χ3v) is 24.3. The van der Waals surface area contributed by atoms with Gasteiger partial charge in [0.15, 0.2) is 23.0 Å². The monoisotopic (exact) mass is 1480 g/mol. The minimum absolute atomic E-state index is 0.534. The molecular weight excluding hydrogens is 1390 g/mol. The van der Waals surface area contributed by atoms with E-state index in [1.165, 1.54) is 125 Å². The van der Waals surface area contributed by atoms with Crippen LogP contribution in [0.15, 0.2) is 328 Å². The topological polar surface area (TPSA) is 43.4 Å². The highest BCUT2D eigenvalue weighted by Crippen LogP contribution is 2.58. The van der Waals surface area contributed by atoms with E-state index < -0.39 is 0 Å². The lowest BCUT2D eigenvalue weighted by molar-refractivity contribution is 0.233. The van der Waals surface area contributed by atoms with Gasteiger partial charge in [0.2, 0.25) is 0 Å². The van der Waals surface area contributed by atoms with Crippen molar-refractivity contribution in [3.05, 3.63) is 328 Å². The zero-order valence-electron chi connectivity index (χ0n) is 64.9. The van der Waals surface area contributed by atoms with Gasteiger partial charge in [-0.25, -0.2) is 0 Å². The normalized spacial score (nSPS) is 12.9. The van der Waals surface area contributed by atoms with Gasteiger partial charge in [-0.15, -0.1) is 0 Å². The molecule has 0 fully saturated rings. The van der Waals surface area contributed by atoms with Gasteiger partial charge in [-0.3, -0.25) is 0 Å². The maximum absolute atomic E-state index is 7.47. The second-order valence-corrected chi connectivity index (χ2v) is 31.3. The highest BCUT2D eigenvalue weighted by atomic mass is 16.5. The Balaban J connectivity index is 0.713. The largest absolute Gasteiger partial charge is 0.493 e. The number of rotatable bonds is 21. The molecule has 2 heterocycles. The minimum Gasteiger partial charge on any atom is -0.493 e. The van der Waals surface area contributed by atoms with Crippen LogP contribution in [-0.2, 0) is 0 Å². The molecule has 2 aliphatic heterocycles. The number of hydrogen-bond donors (Lipinski definition) is 0. The van der Waals surface area contributed by atoms with E-state index in [1.807, 2.05) is 0 Å². The average Bonchev–Trinajstić information content (AvgIpc) is 0.732. The highest BCUT2D eigenvalue weighted by Gasteiger charge is 2.32. The quantitative estimate of drug-likeness (QED) is 0.0668. The second kappa shape index (κ2) is 29.8. The van der Waals surface area contributed by atoms with E-state index in [0.717, 1.165) is 150 Å². The lowest BCUT2D eigenvalue weighted by Crippen LogP contribution is -2.16. The second-order valence-electron chi connectivity index (χ2n) is 31.3. The molecule has 0 saturated carbocycles. The average molecular weight is 1480 g/mol. The van der Waals surface area contributed by atoms with E-state index in [0.29, 0.717) is 11.8 Å². The molecule has 0 aromatic heterocycles. The fourth-order valence-electron chi connectivity index (χ4n) is 18.1. The van der Waals surface area contributed by atoms with Crippen LogP contribution in [0, 0.1) is 11.8 Å². The number of hydrogen-bond acceptors (Lipinski definition) is 6. The summed E-state index contributed by atoms with van der Waals surface area (Å²) in [5.74, 6) is 5.87. The van der Waals surface area contributed by atoms with Crippen molar-refractivity contribution in [3.8, 4) is 90.1 Å². The number of nitrogens with zero attached hydrogens (tertiary/aromatic N) is 2. The van der Waals surface area contributed by atoms with Crippen LogP contribution in [0.1, 0.15) is 79.1 Å². The molecule has 6 heteroatoms. The molecule has 6 nitrogen and oxygen atoms in total. The van der Waals surface area contributed by atoms with Crippen LogP contribution in [0.5, 0.6) is 34.5 Å². The number of benzene rings is 18. The molecule has 0 aliphatic carbocycles. The molecule has 0 saturated heterocycles. The smallest absolute Gasteiger partial charge is 0.152 e. The summed E-state index contributed by atoms with van der Waals surface area (Å²) in [6.07, 6.45) is 9.41. The van der Waals surface area contributed by atoms with Crippen molar-refractivity contribution >= 4 is 120 Å². The van der Waals surface area contributed by atoms with Crippen molar-refractivity contribution in [2.45, 2.75) is 79.1 Å². The Hall–Kier alpha value is -13.2. The fraction of sp³-hybridized carbons (Fsp3) is 0.148. The van der Waals surface area contributed by atoms with Gasteiger partial charge >= 0.3 is 0 Å². The standard InChI is InChI=1S/C108H88N2O4/c1-5-9-23-69(7-3)67-111-87-51-43-75-59-85(49-41-77(75)61-87)109-97-53-45-79(63-101(97)113-103-65-83(47-55-99(103)109)107-93-33-19-15-29-89(93)105(90-30-16-20-34-94(90)107)81-39-37-71-25-11-13-27-73(71)57-81)80-46-54-98-102(64-80)114-104-66-84(48-56-100(104)110(98)86-50-42-78-62-88(52-44-76(78)60-86)112-68-70(8-4)24-10-6-2)108-95-35-21-17-31-91(95)106(92-32-18-22-36-96(92)108)82-40-38-72-26-12-14-28-74(72)58-82/h11-22,25-66,69-70H,5-10,23-24,67-68H2,1-4H3. The molecule has 0 spiro atoms. The lowest BCUT2D eigenvalue weighted by Gasteiger charge is -2.34. The van der Waals surface area contributed by atoms with Crippen LogP contribution in [-0.4, -0.2) is 13.2 Å². The SMILES string of the molecule is CCCCC(CC)COc1ccc2cc(N3c4ccc(-c5ccc6c(c5)Oc5cc(-c7c8ccccc8c(-c8ccc9ccccc9c8)c8ccccc78)ccc5N6c5ccc6cc(OCC(CC)CCCC)ccc6c5)cc4Oc4cc(-c5c6ccccc6c(-c6ccc7ccccc7c6)c6ccccc56)ccc43)ccc2c1. The van der Waals surface area contributed by atoms with E-state index in [-0.39, 0.29) is 0 Å². The number of fused-ring (bicyclic) bond motifs is 12. The molecule has 0 N–H and O–H groups in total. The molecule has 2 aliphatic rings. The van der Waals surface area contributed by atoms with Crippen LogP contribution in [0.4, 0.5) is 34.1 Å². The van der Waals surface area contributed by atoms with Gasteiger partial charge < -0.3 is 28.7 Å². The van der Waals surface area contributed by atoms with Crippen molar-refractivity contribution in [1.82, 2.24) is 0 Å². The molecule has 2 atom stereocenters. The third-order valence-electron chi connectivity index (χ3n) is 24.3. The van der Waals surface area contributed by atoms with Gasteiger partial charge in [0.25, 0.3) is 0 Å². The summed E-state index contributed by atoms with van der Waals surface area (Å²) in [5, 5.41) is 18.9. The molecule has 0 bridgehead atoms. The van der Waals surface area contributed by atoms with Gasteiger partial charge in [-0.05, 0) is 276 Å². The summed E-state index contributed by atoms with van der Waals surface area (Å²) in [6, 6.07) is 120. The highest BCUT2D eigenvalue weighted by molar-refractivity contribution is 6.24. The first-order valence-corrected chi connectivity index (χ1v) is 41.0. The first-order valence-electron chi connectivity index (χ1n) is 41.0. The third kappa shape index (κ3) is 12.7. The van der Waals surface area contributed by atoms with Gasteiger partial charge in [0.1, 0.15) is 11.5 Å². The Bertz CT molecular complexity index is 6290. The summed E-state index contributed by atoms with van der Waals surface area (Å²) in [6.45, 7) is 10.5. The Morgan fingerprint density at radius 3 is 0.868 bits per heavy atom. The van der Waals surface area contributed by atoms with E-state index in [2.05, 4.69) is 365 Å². The van der Waals surface area contributed by atoms with E-state index in [1.54, 1.807) is 0 Å². The molecule has 2 unspecified atom stereocenters. The maximum Gasteiger partial charge on any atom is 0.152 e. The maximum atomic E-state index is 7.47. The van der Waals surface area contributed by atoms with Gasteiger partial charge in [0.05, 0.1) is 36.0 Å². The molecule has 0 radical (unpaired) electrons. The summed E-state index contributed by atoms with van der Waals surface area (Å²) in [7, 11) is 0. The first-order chi connectivity index (χ1) is 56.3. The number of ether oxygens (including phenoxy) is 4. The zero-order chi connectivity index (χ0) is 76.3. The van der Waals surface area contributed by atoms with Crippen LogP contribution >= 0.6 is 0 Å². The molecular formula is C108H88N2O4. The Morgan fingerprint density at radius 2 is 0.526 bits per heavy atom. The fourth-order valence-corrected chi connectivity index (χ4v) is 18.1. The van der Waals surface area contributed by atoms with Gasteiger partial charge in [-0.2, -0.15) is 0 Å². The van der Waals surface area contributed by atoms with Crippen LogP contribution < -0.4 is 28.7 Å². The van der Waals surface area contributed by atoms with E-state index in [9.17, 15) is 0 Å². The summed E-state index contributed by atoms with van der Waals surface area (Å²) in [5.41, 5.74) is 17.1. The van der Waals surface area contributed by atoms with Crippen molar-refractivity contribution in [1.29, 1.82) is 0 Å². The molecule has 20 rings (SSSR count). The van der Waals surface area contributed by atoms with Crippen LogP contribution in [0.25, 0.3) is 142 Å².